The smallest absolute Gasteiger partial charge is 0.337 e. The van der Waals surface area contributed by atoms with Crippen molar-refractivity contribution in [2.45, 2.75) is 27.2 Å². The lowest BCUT2D eigenvalue weighted by Crippen LogP contribution is -2.20. The number of esters is 1. The zero-order valence-electron chi connectivity index (χ0n) is 12.3. The van der Waals surface area contributed by atoms with Gasteiger partial charge in [0.1, 0.15) is 0 Å². The van der Waals surface area contributed by atoms with Gasteiger partial charge in [-0.05, 0) is 36.1 Å². The van der Waals surface area contributed by atoms with Crippen LogP contribution >= 0.6 is 0 Å². The lowest BCUT2D eigenvalue weighted by molar-refractivity contribution is 0.0601. The van der Waals surface area contributed by atoms with Crippen molar-refractivity contribution in [2.75, 3.05) is 17.6 Å². The molecule has 6 heteroatoms. The predicted octanol–water partition coefficient (Wildman–Crippen LogP) is 2.65. The molecule has 0 fully saturated rings. The minimum Gasteiger partial charge on any atom is -0.465 e. The molecule has 1 aromatic rings. The maximum Gasteiger partial charge on any atom is 0.337 e. The van der Waals surface area contributed by atoms with Crippen molar-refractivity contribution in [1.82, 2.24) is 0 Å². The van der Waals surface area contributed by atoms with Crippen molar-refractivity contribution in [3.8, 4) is 0 Å². The molecule has 0 radical (unpaired) electrons. The van der Waals surface area contributed by atoms with Crippen molar-refractivity contribution in [3.63, 3.8) is 0 Å². The van der Waals surface area contributed by atoms with E-state index in [1.165, 1.54) is 19.2 Å². The van der Waals surface area contributed by atoms with Gasteiger partial charge in [-0.3, -0.25) is 4.72 Å². The lowest BCUT2D eigenvalue weighted by atomic mass is 9.94. The summed E-state index contributed by atoms with van der Waals surface area (Å²) in [5.41, 5.74) is 0.778. The third kappa shape index (κ3) is 5.61. The number of anilines is 1. The summed E-state index contributed by atoms with van der Waals surface area (Å²) < 4.78 is 30.9. The molecular formula is C14H21NO4S. The molecule has 0 saturated heterocycles. The summed E-state index contributed by atoms with van der Waals surface area (Å²) in [6, 6.07) is 6.13. The molecule has 0 heterocycles. The third-order valence-electron chi connectivity index (χ3n) is 2.70. The molecule has 0 aliphatic carbocycles. The number of sulfonamides is 1. The molecule has 1 aromatic carbocycles. The minimum absolute atomic E-state index is 0.0382. The van der Waals surface area contributed by atoms with Crippen molar-refractivity contribution < 1.29 is 17.9 Å². The maximum atomic E-state index is 11.9. The van der Waals surface area contributed by atoms with Gasteiger partial charge < -0.3 is 4.74 Å². The van der Waals surface area contributed by atoms with Crippen molar-refractivity contribution in [1.29, 1.82) is 0 Å². The number of benzene rings is 1. The molecule has 1 rings (SSSR count). The lowest BCUT2D eigenvalue weighted by Gasteiger charge is -2.18. The highest BCUT2D eigenvalue weighted by atomic mass is 32.2. The first-order valence-corrected chi connectivity index (χ1v) is 7.97. The molecule has 20 heavy (non-hydrogen) atoms. The Morgan fingerprint density at radius 1 is 1.20 bits per heavy atom. The Morgan fingerprint density at radius 2 is 1.75 bits per heavy atom. The summed E-state index contributed by atoms with van der Waals surface area (Å²) in [5, 5.41) is 0. The zero-order chi connectivity index (χ0) is 15.4. The van der Waals surface area contributed by atoms with Crippen LogP contribution in [0.4, 0.5) is 5.69 Å². The Labute approximate surface area is 120 Å². The van der Waals surface area contributed by atoms with E-state index in [0.717, 1.165) is 0 Å². The molecule has 0 atom stereocenters. The van der Waals surface area contributed by atoms with Crippen LogP contribution in [0.5, 0.6) is 0 Å². The number of rotatable bonds is 5. The fraction of sp³-hybridized carbons (Fsp3) is 0.500. The number of nitrogens with one attached hydrogen (secondary N) is 1. The number of hydrogen-bond acceptors (Lipinski definition) is 4. The molecule has 1 N–H and O–H groups in total. The van der Waals surface area contributed by atoms with E-state index in [1.54, 1.807) is 12.1 Å². The van der Waals surface area contributed by atoms with Gasteiger partial charge in [0, 0.05) is 5.69 Å². The van der Waals surface area contributed by atoms with E-state index >= 15 is 0 Å². The van der Waals surface area contributed by atoms with E-state index in [4.69, 9.17) is 0 Å². The monoisotopic (exact) mass is 299 g/mol. The number of carbonyl (C=O) groups excluding carboxylic acids is 1. The predicted molar refractivity (Wildman–Crippen MR) is 79.3 cm³/mol. The van der Waals surface area contributed by atoms with Gasteiger partial charge in [-0.2, -0.15) is 0 Å². The summed E-state index contributed by atoms with van der Waals surface area (Å²) in [6.07, 6.45) is 0.572. The summed E-state index contributed by atoms with van der Waals surface area (Å²) >= 11 is 0. The average molecular weight is 299 g/mol. The number of hydrogen-bond donors (Lipinski definition) is 1. The average Bonchev–Trinajstić information content (AvgIpc) is 2.35. The zero-order valence-corrected chi connectivity index (χ0v) is 13.1. The van der Waals surface area contributed by atoms with Gasteiger partial charge in [0.05, 0.1) is 18.4 Å². The first-order chi connectivity index (χ1) is 9.13. The van der Waals surface area contributed by atoms with Crippen LogP contribution in [-0.4, -0.2) is 27.2 Å². The van der Waals surface area contributed by atoms with Crippen LogP contribution in [0.15, 0.2) is 24.3 Å². The van der Waals surface area contributed by atoms with Crippen LogP contribution in [0.3, 0.4) is 0 Å². The normalized spacial score (nSPS) is 12.0. The van der Waals surface area contributed by atoms with Crippen molar-refractivity contribution >= 4 is 21.7 Å². The summed E-state index contributed by atoms with van der Waals surface area (Å²) in [6.45, 7) is 5.98. The Balaban J connectivity index is 2.71. The highest BCUT2D eigenvalue weighted by Gasteiger charge is 2.17. The van der Waals surface area contributed by atoms with E-state index in [1.807, 2.05) is 20.8 Å². The molecule has 0 aromatic heterocycles. The van der Waals surface area contributed by atoms with E-state index in [0.29, 0.717) is 17.7 Å². The second-order valence-corrected chi connectivity index (χ2v) is 7.64. The topological polar surface area (TPSA) is 72.5 Å². The largest absolute Gasteiger partial charge is 0.465 e. The van der Waals surface area contributed by atoms with Crippen molar-refractivity contribution in [2.24, 2.45) is 5.41 Å². The number of methoxy groups -OCH3 is 1. The van der Waals surface area contributed by atoms with E-state index in [-0.39, 0.29) is 11.2 Å². The SMILES string of the molecule is COC(=O)c1ccc(NS(=O)(=O)CCC(C)(C)C)cc1. The second-order valence-electron chi connectivity index (χ2n) is 5.80. The Morgan fingerprint density at radius 3 is 2.20 bits per heavy atom. The maximum absolute atomic E-state index is 11.9. The second kappa shape index (κ2) is 6.26. The fourth-order valence-corrected chi connectivity index (χ4v) is 2.94. The number of ether oxygens (including phenoxy) is 1. The summed E-state index contributed by atoms with van der Waals surface area (Å²) in [5.74, 6) is -0.387. The Kier molecular flexibility index (Phi) is 5.16. The Bertz CT molecular complexity index is 556. The van der Waals surface area contributed by atoms with Gasteiger partial charge in [-0.25, -0.2) is 13.2 Å². The van der Waals surface area contributed by atoms with Gasteiger partial charge in [-0.15, -0.1) is 0 Å². The first-order valence-electron chi connectivity index (χ1n) is 6.32. The molecule has 0 amide bonds. The van der Waals surface area contributed by atoms with Gasteiger partial charge in [-0.1, -0.05) is 20.8 Å². The highest BCUT2D eigenvalue weighted by molar-refractivity contribution is 7.92. The molecule has 0 saturated carbocycles. The quantitative estimate of drug-likeness (QED) is 0.848. The van der Waals surface area contributed by atoms with Crippen LogP contribution < -0.4 is 4.72 Å². The minimum atomic E-state index is -3.37. The van der Waals surface area contributed by atoms with Gasteiger partial charge in [0.15, 0.2) is 0 Å². The van der Waals surface area contributed by atoms with Crippen LogP contribution in [0.1, 0.15) is 37.6 Å². The Hall–Kier alpha value is -1.56. The fourth-order valence-electron chi connectivity index (χ4n) is 1.46. The molecule has 112 valence electrons. The highest BCUT2D eigenvalue weighted by Crippen LogP contribution is 2.20. The molecular weight excluding hydrogens is 278 g/mol. The summed E-state index contributed by atoms with van der Waals surface area (Å²) in [7, 11) is -2.08. The molecule has 0 unspecified atom stereocenters. The van der Waals surface area contributed by atoms with Crippen molar-refractivity contribution in [3.05, 3.63) is 29.8 Å². The van der Waals surface area contributed by atoms with E-state index < -0.39 is 16.0 Å². The summed E-state index contributed by atoms with van der Waals surface area (Å²) in [4.78, 5) is 11.3. The standard InChI is InChI=1S/C14H21NO4S/c1-14(2,3)9-10-20(17,18)15-12-7-5-11(6-8-12)13(16)19-4/h5-8,15H,9-10H2,1-4H3. The first kappa shape index (κ1) is 16.5. The molecule has 0 aliphatic heterocycles. The molecule has 0 bridgehead atoms. The van der Waals surface area contributed by atoms with Crippen LogP contribution in [-0.2, 0) is 14.8 Å². The number of carbonyl (C=O) groups is 1. The van der Waals surface area contributed by atoms with Crippen LogP contribution in [0, 0.1) is 5.41 Å². The van der Waals surface area contributed by atoms with Crippen LogP contribution in [0.2, 0.25) is 0 Å². The molecule has 5 nitrogen and oxygen atoms in total. The molecule has 0 aliphatic rings. The van der Waals surface area contributed by atoms with Gasteiger partial charge in [0.2, 0.25) is 10.0 Å². The third-order valence-corrected chi connectivity index (χ3v) is 3.99. The molecule has 0 spiro atoms. The van der Waals surface area contributed by atoms with E-state index in [2.05, 4.69) is 9.46 Å². The van der Waals surface area contributed by atoms with Gasteiger partial charge in [0.25, 0.3) is 0 Å². The van der Waals surface area contributed by atoms with Gasteiger partial charge >= 0.3 is 5.97 Å². The van der Waals surface area contributed by atoms with Crippen LogP contribution in [0.25, 0.3) is 0 Å². The van der Waals surface area contributed by atoms with E-state index in [9.17, 15) is 13.2 Å².